The number of aromatic amines is 1. The summed E-state index contributed by atoms with van der Waals surface area (Å²) >= 11 is 0. The van der Waals surface area contributed by atoms with Gasteiger partial charge in [-0.1, -0.05) is 0 Å². The van der Waals surface area contributed by atoms with Gasteiger partial charge < -0.3 is 14.5 Å². The average Bonchev–Trinajstić information content (AvgIpc) is 3.01. The van der Waals surface area contributed by atoms with Crippen molar-refractivity contribution >= 4 is 10.9 Å². The van der Waals surface area contributed by atoms with Gasteiger partial charge in [-0.25, -0.2) is 0 Å². The molecule has 3 heterocycles. The van der Waals surface area contributed by atoms with E-state index in [0.717, 1.165) is 24.2 Å². The van der Waals surface area contributed by atoms with Crippen molar-refractivity contribution in [2.75, 3.05) is 0 Å². The van der Waals surface area contributed by atoms with E-state index in [4.69, 9.17) is 9.47 Å². The first kappa shape index (κ1) is 13.1. The van der Waals surface area contributed by atoms with E-state index in [0.29, 0.717) is 6.61 Å². The van der Waals surface area contributed by atoms with Gasteiger partial charge in [0.25, 0.3) is 0 Å². The number of hydrogen-bond donors (Lipinski definition) is 1. The number of nitrogens with one attached hydrogen (secondary N) is 1. The quantitative estimate of drug-likeness (QED) is 0.738. The fraction of sp³-hybridized carbons (Fsp3) is 0.316. The number of benzene rings is 1. The molecular formula is C19H18N2O2. The van der Waals surface area contributed by atoms with Crippen LogP contribution in [0.1, 0.15) is 41.5 Å². The lowest BCUT2D eigenvalue weighted by molar-refractivity contribution is -0.110. The summed E-state index contributed by atoms with van der Waals surface area (Å²) in [5.41, 5.74) is 6.27. The largest absolute Gasteiger partial charge is 0.460 e. The summed E-state index contributed by atoms with van der Waals surface area (Å²) in [6.45, 7) is 0.587. The molecule has 0 bridgehead atoms. The van der Waals surface area contributed by atoms with Crippen molar-refractivity contribution < 1.29 is 9.47 Å². The minimum atomic E-state index is -0.349. The molecule has 4 heteroatoms. The third-order valence-electron chi connectivity index (χ3n) is 4.92. The van der Waals surface area contributed by atoms with Crippen LogP contribution in [0.4, 0.5) is 0 Å². The van der Waals surface area contributed by atoms with Crippen LogP contribution in [-0.2, 0) is 24.2 Å². The number of fused-ring (bicyclic) bond motifs is 5. The van der Waals surface area contributed by atoms with E-state index in [1.54, 1.807) is 12.4 Å². The van der Waals surface area contributed by atoms with Crippen LogP contribution in [0, 0.1) is 0 Å². The van der Waals surface area contributed by atoms with Gasteiger partial charge in [0.15, 0.2) is 0 Å². The van der Waals surface area contributed by atoms with Crippen LogP contribution in [0.25, 0.3) is 10.9 Å². The summed E-state index contributed by atoms with van der Waals surface area (Å²) in [6.07, 6.45) is 8.04. The lowest BCUT2D eigenvalue weighted by Gasteiger charge is -2.27. The van der Waals surface area contributed by atoms with E-state index >= 15 is 0 Å². The molecule has 1 N–H and O–H groups in total. The zero-order chi connectivity index (χ0) is 15.2. The molecule has 1 aromatic carbocycles. The molecule has 1 unspecified atom stereocenters. The number of rotatable bonds is 1. The molecule has 1 aliphatic carbocycles. The van der Waals surface area contributed by atoms with Gasteiger partial charge in [0.05, 0.1) is 6.61 Å². The van der Waals surface area contributed by atoms with Gasteiger partial charge in [-0.05, 0) is 55.5 Å². The van der Waals surface area contributed by atoms with Crippen LogP contribution < -0.4 is 4.74 Å². The number of ether oxygens (including phenoxy) is 2. The van der Waals surface area contributed by atoms with Crippen molar-refractivity contribution in [1.29, 1.82) is 0 Å². The Hall–Kier alpha value is -2.33. The molecule has 3 aromatic rings. The molecule has 0 fully saturated rings. The number of nitrogens with zero attached hydrogens (tertiary/aromatic N) is 1. The second-order valence-corrected chi connectivity index (χ2v) is 6.30. The summed E-state index contributed by atoms with van der Waals surface area (Å²) in [6, 6.07) is 8.08. The summed E-state index contributed by atoms with van der Waals surface area (Å²) in [7, 11) is 0. The number of hydrogen-bond acceptors (Lipinski definition) is 3. The number of aryl methyl sites for hydroxylation is 2. The van der Waals surface area contributed by atoms with E-state index < -0.39 is 0 Å². The molecule has 1 aliphatic heterocycles. The Morgan fingerprint density at radius 1 is 1.00 bits per heavy atom. The Morgan fingerprint density at radius 3 is 2.78 bits per heavy atom. The lowest BCUT2D eigenvalue weighted by Crippen LogP contribution is -2.18. The van der Waals surface area contributed by atoms with E-state index in [2.05, 4.69) is 22.1 Å². The number of H-pyrrole nitrogens is 1. The Bertz CT molecular complexity index is 870. The predicted octanol–water partition coefficient (Wildman–Crippen LogP) is 4.05. The molecule has 2 aromatic heterocycles. The number of aromatic nitrogens is 2. The molecular weight excluding hydrogens is 288 g/mol. The Morgan fingerprint density at radius 2 is 1.87 bits per heavy atom. The zero-order valence-electron chi connectivity index (χ0n) is 12.8. The van der Waals surface area contributed by atoms with E-state index in [-0.39, 0.29) is 6.29 Å². The molecule has 116 valence electrons. The first-order valence-electron chi connectivity index (χ1n) is 8.23. The molecule has 0 spiro atoms. The van der Waals surface area contributed by atoms with E-state index in [9.17, 15) is 0 Å². The van der Waals surface area contributed by atoms with Crippen molar-refractivity contribution in [3.63, 3.8) is 0 Å². The topological polar surface area (TPSA) is 47.1 Å². The Balaban J connectivity index is 1.59. The van der Waals surface area contributed by atoms with Crippen LogP contribution in [0.15, 0.2) is 36.7 Å². The Kier molecular flexibility index (Phi) is 2.91. The fourth-order valence-electron chi connectivity index (χ4n) is 3.81. The van der Waals surface area contributed by atoms with E-state index in [1.165, 1.54) is 40.6 Å². The van der Waals surface area contributed by atoms with Gasteiger partial charge in [-0.2, -0.15) is 0 Å². The van der Waals surface area contributed by atoms with Crippen LogP contribution >= 0.6 is 0 Å². The molecule has 0 saturated heterocycles. The zero-order valence-corrected chi connectivity index (χ0v) is 12.8. The van der Waals surface area contributed by atoms with Crippen molar-refractivity contribution in [3.8, 4) is 5.75 Å². The maximum Gasteiger partial charge on any atom is 0.227 e. The minimum absolute atomic E-state index is 0.349. The third kappa shape index (κ3) is 2.05. The van der Waals surface area contributed by atoms with Crippen LogP contribution in [0.5, 0.6) is 5.75 Å². The molecule has 2 aliphatic rings. The SMILES string of the molecule is c1cc(C2OCc3c(ccc4[nH]c5c(c34)CCCC5)O2)ccn1. The standard InChI is InChI=1S/C19H18N2O2/c1-2-4-15-13(3-1)18-14-11-22-19(12-7-9-20-10-8-12)23-17(14)6-5-16(18)21-15/h5-10,19,21H,1-4,11H2. The maximum atomic E-state index is 6.12. The summed E-state index contributed by atoms with van der Waals surface area (Å²) < 4.78 is 12.1. The average molecular weight is 306 g/mol. The molecule has 0 radical (unpaired) electrons. The monoisotopic (exact) mass is 306 g/mol. The first-order valence-corrected chi connectivity index (χ1v) is 8.23. The minimum Gasteiger partial charge on any atom is -0.460 e. The lowest BCUT2D eigenvalue weighted by atomic mass is 9.93. The van der Waals surface area contributed by atoms with Crippen LogP contribution in [0.2, 0.25) is 0 Å². The van der Waals surface area contributed by atoms with Gasteiger partial charge in [-0.15, -0.1) is 0 Å². The fourth-order valence-corrected chi connectivity index (χ4v) is 3.81. The molecule has 23 heavy (non-hydrogen) atoms. The number of pyridine rings is 1. The molecule has 5 rings (SSSR count). The molecule has 1 atom stereocenters. The highest BCUT2D eigenvalue weighted by Crippen LogP contribution is 2.40. The molecule has 0 amide bonds. The highest BCUT2D eigenvalue weighted by atomic mass is 16.7. The third-order valence-corrected chi connectivity index (χ3v) is 4.92. The van der Waals surface area contributed by atoms with Crippen molar-refractivity contribution in [2.45, 2.75) is 38.6 Å². The molecule has 0 saturated carbocycles. The van der Waals surface area contributed by atoms with Crippen molar-refractivity contribution in [3.05, 3.63) is 59.0 Å². The summed E-state index contributed by atoms with van der Waals surface area (Å²) in [4.78, 5) is 7.64. The van der Waals surface area contributed by atoms with Gasteiger partial charge in [0.1, 0.15) is 5.75 Å². The van der Waals surface area contributed by atoms with Gasteiger partial charge >= 0.3 is 0 Å². The second-order valence-electron chi connectivity index (χ2n) is 6.30. The van der Waals surface area contributed by atoms with Crippen LogP contribution in [0.3, 0.4) is 0 Å². The van der Waals surface area contributed by atoms with Gasteiger partial charge in [-0.3, -0.25) is 4.98 Å². The van der Waals surface area contributed by atoms with E-state index in [1.807, 2.05) is 12.1 Å². The van der Waals surface area contributed by atoms with Gasteiger partial charge in [0, 0.05) is 40.1 Å². The van der Waals surface area contributed by atoms with Crippen molar-refractivity contribution in [2.24, 2.45) is 0 Å². The first-order chi connectivity index (χ1) is 11.4. The Labute approximate surface area is 134 Å². The smallest absolute Gasteiger partial charge is 0.227 e. The predicted molar refractivity (Wildman–Crippen MR) is 87.3 cm³/mol. The summed E-state index contributed by atoms with van der Waals surface area (Å²) in [5, 5.41) is 1.32. The maximum absolute atomic E-state index is 6.12. The van der Waals surface area contributed by atoms with Gasteiger partial charge in [0.2, 0.25) is 6.29 Å². The normalized spacial score (nSPS) is 19.9. The summed E-state index contributed by atoms with van der Waals surface area (Å²) in [5.74, 6) is 0.943. The highest BCUT2D eigenvalue weighted by Gasteiger charge is 2.26. The molecule has 4 nitrogen and oxygen atoms in total. The van der Waals surface area contributed by atoms with Crippen molar-refractivity contribution in [1.82, 2.24) is 9.97 Å². The highest BCUT2D eigenvalue weighted by molar-refractivity contribution is 5.90. The second kappa shape index (κ2) is 5.10. The van der Waals surface area contributed by atoms with Crippen LogP contribution in [-0.4, -0.2) is 9.97 Å².